The second kappa shape index (κ2) is 5.51. The highest BCUT2D eigenvalue weighted by atomic mass is 16.5. The summed E-state index contributed by atoms with van der Waals surface area (Å²) >= 11 is 0. The monoisotopic (exact) mass is 196 g/mol. The Morgan fingerprint density at radius 3 is 2.71 bits per heavy atom. The summed E-state index contributed by atoms with van der Waals surface area (Å²) in [6.07, 6.45) is 1.72. The molecule has 78 valence electrons. The number of carbonyl (C=O) groups excluding carboxylic acids is 1. The molecule has 0 aromatic carbocycles. The quantitative estimate of drug-likeness (QED) is 0.377. The molecule has 0 aromatic heterocycles. The molecule has 4 heteroatoms. The van der Waals surface area contributed by atoms with Gasteiger partial charge in [-0.15, -0.1) is 0 Å². The van der Waals surface area contributed by atoms with Crippen LogP contribution in [0.2, 0.25) is 0 Å². The molecule has 1 aliphatic rings. The Hall–Kier alpha value is -1.21. The molecule has 2 N–H and O–H groups in total. The Morgan fingerprint density at radius 2 is 2.21 bits per heavy atom. The van der Waals surface area contributed by atoms with Gasteiger partial charge in [-0.25, -0.2) is 0 Å². The van der Waals surface area contributed by atoms with Crippen LogP contribution >= 0.6 is 0 Å². The standard InChI is InChI=1S/C10H16N2O2/c1-14-10(13)9-3-7-12(8-4-9)6-2-5-11/h9H,3-4,6-8,11H2,1H3. The second-order valence-electron chi connectivity index (χ2n) is 3.39. The summed E-state index contributed by atoms with van der Waals surface area (Å²) in [6.45, 7) is 2.49. The molecule has 0 saturated carbocycles. The molecule has 0 amide bonds. The third-order valence-electron chi connectivity index (χ3n) is 2.53. The fourth-order valence-electron chi connectivity index (χ4n) is 1.65. The zero-order chi connectivity index (χ0) is 10.4. The predicted octanol–water partition coefficient (Wildman–Crippen LogP) is -0.209. The van der Waals surface area contributed by atoms with Crippen molar-refractivity contribution < 1.29 is 9.53 Å². The highest BCUT2D eigenvalue weighted by molar-refractivity contribution is 5.72. The minimum Gasteiger partial charge on any atom is -0.469 e. The number of nitrogens with two attached hydrogens (primary N) is 1. The minimum absolute atomic E-state index is 0.0714. The van der Waals surface area contributed by atoms with Crippen LogP contribution in [-0.2, 0) is 9.53 Å². The molecule has 0 unspecified atom stereocenters. The lowest BCUT2D eigenvalue weighted by atomic mass is 9.97. The van der Waals surface area contributed by atoms with Gasteiger partial charge in [0.15, 0.2) is 0 Å². The molecule has 1 saturated heterocycles. The van der Waals surface area contributed by atoms with Gasteiger partial charge in [-0.05, 0) is 25.9 Å². The first-order valence-corrected chi connectivity index (χ1v) is 4.76. The smallest absolute Gasteiger partial charge is 0.308 e. The number of carbonyl (C=O) groups is 1. The number of rotatable bonds is 2. The molecule has 1 heterocycles. The lowest BCUT2D eigenvalue weighted by molar-refractivity contribution is -0.147. The molecule has 0 bridgehead atoms. The van der Waals surface area contributed by atoms with E-state index >= 15 is 0 Å². The Kier molecular flexibility index (Phi) is 4.27. The van der Waals surface area contributed by atoms with Crippen LogP contribution in [-0.4, -0.2) is 37.6 Å². The number of methoxy groups -OCH3 is 1. The lowest BCUT2D eigenvalue weighted by Crippen LogP contribution is -2.36. The van der Waals surface area contributed by atoms with E-state index in [9.17, 15) is 4.79 Å². The summed E-state index contributed by atoms with van der Waals surface area (Å²) in [5.74, 6) is 2.80. The average Bonchev–Trinajstić information content (AvgIpc) is 2.26. The fraction of sp³-hybridized carbons (Fsp3) is 0.700. The summed E-state index contributed by atoms with van der Waals surface area (Å²) in [5.41, 5.74) is 5.08. The van der Waals surface area contributed by atoms with E-state index < -0.39 is 0 Å². The van der Waals surface area contributed by atoms with Crippen molar-refractivity contribution in [2.75, 3.05) is 26.7 Å². The van der Waals surface area contributed by atoms with Gasteiger partial charge in [-0.3, -0.25) is 9.69 Å². The van der Waals surface area contributed by atoms with Crippen molar-refractivity contribution in [2.24, 2.45) is 11.7 Å². The number of nitrogens with zero attached hydrogens (tertiary/aromatic N) is 1. The molecule has 14 heavy (non-hydrogen) atoms. The van der Waals surface area contributed by atoms with E-state index in [2.05, 4.69) is 16.9 Å². The maximum Gasteiger partial charge on any atom is 0.308 e. The fourth-order valence-corrected chi connectivity index (χ4v) is 1.65. The van der Waals surface area contributed by atoms with E-state index in [4.69, 9.17) is 10.5 Å². The van der Waals surface area contributed by atoms with E-state index in [0.717, 1.165) is 25.9 Å². The number of piperidine rings is 1. The van der Waals surface area contributed by atoms with Crippen LogP contribution in [0.1, 0.15) is 12.8 Å². The topological polar surface area (TPSA) is 55.6 Å². The van der Waals surface area contributed by atoms with Gasteiger partial charge < -0.3 is 10.5 Å². The normalized spacial score (nSPS) is 18.4. The minimum atomic E-state index is -0.0884. The third-order valence-corrected chi connectivity index (χ3v) is 2.53. The maximum atomic E-state index is 11.2. The molecule has 1 rings (SSSR count). The van der Waals surface area contributed by atoms with Crippen LogP contribution in [0.25, 0.3) is 0 Å². The second-order valence-corrected chi connectivity index (χ2v) is 3.39. The van der Waals surface area contributed by atoms with Crippen molar-refractivity contribution >= 4 is 5.97 Å². The summed E-state index contributed by atoms with van der Waals surface area (Å²) in [6, 6.07) is 2.38. The largest absolute Gasteiger partial charge is 0.469 e. The maximum absolute atomic E-state index is 11.2. The van der Waals surface area contributed by atoms with E-state index in [-0.39, 0.29) is 11.9 Å². The van der Waals surface area contributed by atoms with Gasteiger partial charge in [-0.2, -0.15) is 0 Å². The van der Waals surface area contributed by atoms with E-state index in [0.29, 0.717) is 6.54 Å². The molecule has 0 atom stereocenters. The summed E-state index contributed by atoms with van der Waals surface area (Å²) in [5, 5.41) is 0. The summed E-state index contributed by atoms with van der Waals surface area (Å²) in [4.78, 5) is 13.4. The average molecular weight is 196 g/mol. The molecule has 0 aromatic rings. The molecule has 1 aliphatic heterocycles. The highest BCUT2D eigenvalue weighted by Gasteiger charge is 2.24. The van der Waals surface area contributed by atoms with Crippen LogP contribution in [0.5, 0.6) is 0 Å². The van der Waals surface area contributed by atoms with Crippen LogP contribution < -0.4 is 5.73 Å². The van der Waals surface area contributed by atoms with Crippen molar-refractivity contribution in [1.82, 2.24) is 4.90 Å². The van der Waals surface area contributed by atoms with Crippen LogP contribution in [0.3, 0.4) is 0 Å². The van der Waals surface area contributed by atoms with Gasteiger partial charge in [0, 0.05) is 6.04 Å². The van der Waals surface area contributed by atoms with Crippen molar-refractivity contribution in [2.45, 2.75) is 12.8 Å². The Labute approximate surface area is 84.4 Å². The first-order valence-electron chi connectivity index (χ1n) is 4.76. The zero-order valence-electron chi connectivity index (χ0n) is 8.45. The number of esters is 1. The van der Waals surface area contributed by atoms with Crippen LogP contribution in [0.15, 0.2) is 0 Å². The first-order chi connectivity index (χ1) is 6.77. The van der Waals surface area contributed by atoms with Crippen molar-refractivity contribution in [1.29, 1.82) is 0 Å². The molecular weight excluding hydrogens is 180 g/mol. The molecule has 1 fully saturated rings. The van der Waals surface area contributed by atoms with Gasteiger partial charge in [0.05, 0.1) is 19.6 Å². The molecule has 0 radical (unpaired) electrons. The van der Waals surface area contributed by atoms with Crippen molar-refractivity contribution in [3.05, 3.63) is 0 Å². The van der Waals surface area contributed by atoms with Gasteiger partial charge in [0.1, 0.15) is 0 Å². The van der Waals surface area contributed by atoms with Crippen LogP contribution in [0.4, 0.5) is 0 Å². The van der Waals surface area contributed by atoms with Gasteiger partial charge >= 0.3 is 5.97 Å². The van der Waals surface area contributed by atoms with Gasteiger partial charge in [-0.1, -0.05) is 5.92 Å². The van der Waals surface area contributed by atoms with Crippen LogP contribution in [0, 0.1) is 17.9 Å². The number of hydrogen-bond acceptors (Lipinski definition) is 4. The SMILES string of the molecule is COC(=O)C1CCN(CC#CN)CC1. The molecule has 4 nitrogen and oxygen atoms in total. The predicted molar refractivity (Wildman–Crippen MR) is 53.1 cm³/mol. The number of likely N-dealkylation sites (tertiary alicyclic amines) is 1. The first kappa shape index (κ1) is 10.9. The van der Waals surface area contributed by atoms with Gasteiger partial charge in [0.25, 0.3) is 0 Å². The molecule has 0 aliphatic carbocycles. The summed E-state index contributed by atoms with van der Waals surface area (Å²) < 4.78 is 4.70. The van der Waals surface area contributed by atoms with E-state index in [1.807, 2.05) is 0 Å². The van der Waals surface area contributed by atoms with Crippen molar-refractivity contribution in [3.63, 3.8) is 0 Å². The highest BCUT2D eigenvalue weighted by Crippen LogP contribution is 2.17. The van der Waals surface area contributed by atoms with Gasteiger partial charge in [0.2, 0.25) is 0 Å². The number of hydrogen-bond donors (Lipinski definition) is 1. The van der Waals surface area contributed by atoms with E-state index in [1.54, 1.807) is 0 Å². The van der Waals surface area contributed by atoms with Crippen molar-refractivity contribution in [3.8, 4) is 12.0 Å². The Bertz CT molecular complexity index is 247. The molecular formula is C10H16N2O2. The third kappa shape index (κ3) is 2.93. The lowest BCUT2D eigenvalue weighted by Gasteiger charge is -2.28. The Morgan fingerprint density at radius 1 is 1.57 bits per heavy atom. The zero-order valence-corrected chi connectivity index (χ0v) is 8.45. The number of ether oxygens (including phenoxy) is 1. The molecule has 0 spiro atoms. The van der Waals surface area contributed by atoms with E-state index in [1.165, 1.54) is 7.11 Å². The Balaban J connectivity index is 2.29. The summed E-state index contributed by atoms with van der Waals surface area (Å²) in [7, 11) is 1.44.